The Labute approximate surface area is 137 Å². The van der Waals surface area contributed by atoms with Crippen LogP contribution in [0.25, 0.3) is 0 Å². The molecule has 0 radical (unpaired) electrons. The summed E-state index contributed by atoms with van der Waals surface area (Å²) in [6.07, 6.45) is 4.34. The molecular weight excluding hydrogens is 292 g/mol. The van der Waals surface area contributed by atoms with Crippen LogP contribution in [0.1, 0.15) is 42.9 Å². The lowest BCUT2D eigenvalue weighted by molar-refractivity contribution is -0.136. The van der Waals surface area contributed by atoms with Gasteiger partial charge in [0.05, 0.1) is 0 Å². The minimum atomic E-state index is -0.117. The average Bonchev–Trinajstić information content (AvgIpc) is 2.53. The van der Waals surface area contributed by atoms with Crippen molar-refractivity contribution in [3.8, 4) is 0 Å². The Morgan fingerprint density at radius 2 is 2.09 bits per heavy atom. The maximum atomic E-state index is 12.2. The van der Waals surface area contributed by atoms with E-state index in [1.165, 1.54) is 11.2 Å². The van der Waals surface area contributed by atoms with Crippen LogP contribution < -0.4 is 0 Å². The molecule has 1 aliphatic heterocycles. The van der Waals surface area contributed by atoms with Gasteiger partial charge in [0.1, 0.15) is 12.0 Å². The van der Waals surface area contributed by atoms with Crippen LogP contribution in [0.3, 0.4) is 0 Å². The van der Waals surface area contributed by atoms with Gasteiger partial charge in [0.25, 0.3) is 5.91 Å². The number of aromatic nitrogens is 2. The van der Waals surface area contributed by atoms with Gasteiger partial charge in [0.2, 0.25) is 5.91 Å². The number of carbonyl (C=O) groups excluding carboxylic acids is 2. The van der Waals surface area contributed by atoms with Crippen molar-refractivity contribution in [2.24, 2.45) is 11.8 Å². The standard InChI is InChI=1S/C17H26N4O2/c1-12(2)16(22)21-7-5-6-13(10-21)8-14-9-15(19-11-18-14)17(23)20(3)4/h9,11-13H,5-8,10H2,1-4H3/t13-/m0/s1. The van der Waals surface area contributed by atoms with Crippen LogP contribution >= 0.6 is 0 Å². The van der Waals surface area contributed by atoms with E-state index < -0.39 is 0 Å². The van der Waals surface area contributed by atoms with Gasteiger partial charge in [0, 0.05) is 38.8 Å². The molecule has 1 aromatic heterocycles. The van der Waals surface area contributed by atoms with Gasteiger partial charge in [-0.3, -0.25) is 9.59 Å². The minimum Gasteiger partial charge on any atom is -0.343 e. The van der Waals surface area contributed by atoms with E-state index in [1.807, 2.05) is 18.7 Å². The second kappa shape index (κ2) is 7.53. The summed E-state index contributed by atoms with van der Waals surface area (Å²) in [6.45, 7) is 5.50. The zero-order chi connectivity index (χ0) is 17.0. The summed E-state index contributed by atoms with van der Waals surface area (Å²) >= 11 is 0. The van der Waals surface area contributed by atoms with E-state index in [9.17, 15) is 9.59 Å². The SMILES string of the molecule is CC(C)C(=O)N1CCC[C@@H](Cc2cc(C(=O)N(C)C)ncn2)C1. The molecule has 0 bridgehead atoms. The third-order valence-electron chi connectivity index (χ3n) is 4.17. The number of carbonyl (C=O) groups is 2. The predicted molar refractivity (Wildman–Crippen MR) is 87.9 cm³/mol. The lowest BCUT2D eigenvalue weighted by atomic mass is 9.92. The first-order valence-corrected chi connectivity index (χ1v) is 8.19. The van der Waals surface area contributed by atoms with Crippen molar-refractivity contribution < 1.29 is 9.59 Å². The maximum absolute atomic E-state index is 12.2. The Kier molecular flexibility index (Phi) is 5.69. The summed E-state index contributed by atoms with van der Waals surface area (Å²) in [4.78, 5) is 36.0. The molecule has 1 saturated heterocycles. The lowest BCUT2D eigenvalue weighted by Crippen LogP contribution is -2.42. The fraction of sp³-hybridized carbons (Fsp3) is 0.647. The highest BCUT2D eigenvalue weighted by Crippen LogP contribution is 2.21. The zero-order valence-corrected chi connectivity index (χ0v) is 14.5. The van der Waals surface area contributed by atoms with Crippen molar-refractivity contribution >= 4 is 11.8 Å². The fourth-order valence-corrected chi connectivity index (χ4v) is 2.95. The van der Waals surface area contributed by atoms with Crippen molar-refractivity contribution in [3.63, 3.8) is 0 Å². The summed E-state index contributed by atoms with van der Waals surface area (Å²) in [5.74, 6) is 0.538. The monoisotopic (exact) mass is 318 g/mol. The first-order chi connectivity index (χ1) is 10.9. The Hall–Kier alpha value is -1.98. The van der Waals surface area contributed by atoms with Crippen LogP contribution in [0.15, 0.2) is 12.4 Å². The molecule has 6 heteroatoms. The van der Waals surface area contributed by atoms with E-state index in [-0.39, 0.29) is 17.7 Å². The van der Waals surface area contributed by atoms with Crippen molar-refractivity contribution in [1.82, 2.24) is 19.8 Å². The van der Waals surface area contributed by atoms with Crippen molar-refractivity contribution in [2.75, 3.05) is 27.2 Å². The van der Waals surface area contributed by atoms with E-state index in [0.29, 0.717) is 11.6 Å². The van der Waals surface area contributed by atoms with Crippen LogP contribution in [-0.4, -0.2) is 58.8 Å². The Balaban J connectivity index is 2.03. The molecule has 0 unspecified atom stereocenters. The molecule has 6 nitrogen and oxygen atoms in total. The molecule has 23 heavy (non-hydrogen) atoms. The first kappa shape index (κ1) is 17.4. The largest absolute Gasteiger partial charge is 0.343 e. The van der Waals surface area contributed by atoms with Crippen molar-refractivity contribution in [3.05, 3.63) is 23.8 Å². The van der Waals surface area contributed by atoms with Crippen LogP contribution in [0, 0.1) is 11.8 Å². The molecule has 0 saturated carbocycles. The highest BCUT2D eigenvalue weighted by Gasteiger charge is 2.25. The van der Waals surface area contributed by atoms with Gasteiger partial charge in [-0.25, -0.2) is 9.97 Å². The Morgan fingerprint density at radius 3 is 2.74 bits per heavy atom. The molecule has 0 spiro atoms. The first-order valence-electron chi connectivity index (χ1n) is 8.19. The number of nitrogens with zero attached hydrogens (tertiary/aromatic N) is 4. The third kappa shape index (κ3) is 4.50. The normalized spacial score (nSPS) is 18.1. The van der Waals surface area contributed by atoms with Crippen LogP contribution in [0.2, 0.25) is 0 Å². The number of hydrogen-bond donors (Lipinski definition) is 0. The summed E-state index contributed by atoms with van der Waals surface area (Å²) in [5, 5.41) is 0. The number of rotatable bonds is 4. The zero-order valence-electron chi connectivity index (χ0n) is 14.5. The molecule has 2 heterocycles. The highest BCUT2D eigenvalue weighted by molar-refractivity contribution is 5.91. The lowest BCUT2D eigenvalue weighted by Gasteiger charge is -2.33. The van der Waals surface area contributed by atoms with E-state index in [2.05, 4.69) is 9.97 Å². The Morgan fingerprint density at radius 1 is 1.35 bits per heavy atom. The average molecular weight is 318 g/mol. The van der Waals surface area contributed by atoms with Crippen LogP contribution in [0.4, 0.5) is 0 Å². The molecule has 0 aromatic carbocycles. The van der Waals surface area contributed by atoms with Gasteiger partial charge in [-0.05, 0) is 31.2 Å². The maximum Gasteiger partial charge on any atom is 0.272 e. The summed E-state index contributed by atoms with van der Waals surface area (Å²) < 4.78 is 0. The summed E-state index contributed by atoms with van der Waals surface area (Å²) in [5.41, 5.74) is 1.29. The number of piperidine rings is 1. The molecule has 2 rings (SSSR count). The van der Waals surface area contributed by atoms with E-state index in [4.69, 9.17) is 0 Å². The van der Waals surface area contributed by atoms with Gasteiger partial charge in [-0.1, -0.05) is 13.8 Å². The molecule has 126 valence electrons. The summed E-state index contributed by atoms with van der Waals surface area (Å²) in [6, 6.07) is 1.77. The highest BCUT2D eigenvalue weighted by atomic mass is 16.2. The summed E-state index contributed by atoms with van der Waals surface area (Å²) in [7, 11) is 3.42. The number of amides is 2. The smallest absolute Gasteiger partial charge is 0.272 e. The predicted octanol–water partition coefficient (Wildman–Crippen LogP) is 1.62. The molecule has 0 N–H and O–H groups in total. The van der Waals surface area contributed by atoms with E-state index >= 15 is 0 Å². The fourth-order valence-electron chi connectivity index (χ4n) is 2.95. The van der Waals surface area contributed by atoms with Gasteiger partial charge in [-0.15, -0.1) is 0 Å². The molecular formula is C17H26N4O2. The molecule has 1 fully saturated rings. The molecule has 1 atom stereocenters. The molecule has 2 amide bonds. The van der Waals surface area contributed by atoms with E-state index in [0.717, 1.165) is 38.0 Å². The van der Waals surface area contributed by atoms with Crippen LogP contribution in [0.5, 0.6) is 0 Å². The van der Waals surface area contributed by atoms with E-state index in [1.54, 1.807) is 20.2 Å². The molecule has 0 aliphatic carbocycles. The Bertz CT molecular complexity index is 571. The van der Waals surface area contributed by atoms with Gasteiger partial charge in [-0.2, -0.15) is 0 Å². The van der Waals surface area contributed by atoms with Gasteiger partial charge >= 0.3 is 0 Å². The number of likely N-dealkylation sites (tertiary alicyclic amines) is 1. The second-order valence-electron chi connectivity index (χ2n) is 6.75. The van der Waals surface area contributed by atoms with Crippen molar-refractivity contribution in [2.45, 2.75) is 33.1 Å². The van der Waals surface area contributed by atoms with Crippen LogP contribution in [-0.2, 0) is 11.2 Å². The minimum absolute atomic E-state index is 0.0390. The molecule has 1 aromatic rings. The van der Waals surface area contributed by atoms with Gasteiger partial charge in [0.15, 0.2) is 0 Å². The second-order valence-corrected chi connectivity index (χ2v) is 6.75. The number of hydrogen-bond acceptors (Lipinski definition) is 4. The topological polar surface area (TPSA) is 66.4 Å². The quantitative estimate of drug-likeness (QED) is 0.846. The third-order valence-corrected chi connectivity index (χ3v) is 4.17. The van der Waals surface area contributed by atoms with Crippen molar-refractivity contribution in [1.29, 1.82) is 0 Å². The van der Waals surface area contributed by atoms with Gasteiger partial charge < -0.3 is 9.80 Å². The molecule has 1 aliphatic rings.